The van der Waals surface area contributed by atoms with Crippen LogP contribution in [0, 0.1) is 32.6 Å². The topological polar surface area (TPSA) is 113 Å². The molecule has 0 unspecified atom stereocenters. The maximum Gasteiger partial charge on any atom is 0.0737 e. The molecule has 4 aromatic heterocycles. The van der Waals surface area contributed by atoms with Gasteiger partial charge in [-0.2, -0.15) is 0 Å². The van der Waals surface area contributed by atoms with Gasteiger partial charge in [0.25, 0.3) is 0 Å². The third-order valence-corrected chi connectivity index (χ3v) is 18.9. The van der Waals surface area contributed by atoms with Crippen LogP contribution in [-0.2, 0) is 0 Å². The molecule has 0 bridgehead atoms. The van der Waals surface area contributed by atoms with E-state index in [2.05, 4.69) is 310 Å². The summed E-state index contributed by atoms with van der Waals surface area (Å²) in [7, 11) is 0. The van der Waals surface area contributed by atoms with Crippen LogP contribution >= 0.6 is 23.5 Å². The van der Waals surface area contributed by atoms with Crippen LogP contribution in [0.25, 0.3) is 44.6 Å². The first-order chi connectivity index (χ1) is 44.8. The Balaban J connectivity index is 0.792. The minimum absolute atomic E-state index is 0.640. The first-order valence-corrected chi connectivity index (χ1v) is 33.3. The van der Waals surface area contributed by atoms with E-state index in [-0.39, 0.29) is 0 Å². The number of hydrogen-bond acceptors (Lipinski definition) is 6. The molecule has 0 atom stereocenters. The van der Waals surface area contributed by atoms with E-state index in [9.17, 15) is 0 Å². The zero-order valence-corrected chi connectivity index (χ0v) is 54.7. The number of nitrogens with zero attached hydrogens (tertiary/aromatic N) is 4. The molecule has 8 nitrogen and oxygen atoms in total. The molecule has 0 fully saturated rings. The number of thioether (sulfide) groups is 2. The van der Waals surface area contributed by atoms with Crippen molar-refractivity contribution >= 4 is 91.0 Å². The SMILES string of the molecule is C=C(c1ccc(SC)cc1)c1ccc(/C(=C2/C=CC(C(/C)=c3/cc/c(=C(\C)C4=NCC=C4)[nH]3)=N2)c2ccc(C#Cc3ccc(/C(C4=NCC=C4)=c4\cc/c(=C(\C)C5=N/C(=C(\c6ccc(C(=C)c7ccc(SC)cc7)[nH]6)c6c(C)cc(C)cc6C)C=C5)[nH]4)cc3)cc2)[nH]1. The number of allylic oxidation sites excluding steroid dienone is 6. The summed E-state index contributed by atoms with van der Waals surface area (Å²) in [6.07, 6.45) is 21.1. The van der Waals surface area contributed by atoms with Gasteiger partial charge in [-0.3, -0.25) is 9.98 Å². The molecule has 4 aliphatic heterocycles. The number of H-pyrrole nitrogens is 4. The number of aromatic amines is 4. The van der Waals surface area contributed by atoms with Crippen molar-refractivity contribution in [1.29, 1.82) is 0 Å². The third-order valence-electron chi connectivity index (χ3n) is 17.4. The number of benzene rings is 5. The van der Waals surface area contributed by atoms with Gasteiger partial charge in [0.15, 0.2) is 0 Å². The predicted molar refractivity (Wildman–Crippen MR) is 392 cm³/mol. The van der Waals surface area contributed by atoms with E-state index in [0.29, 0.717) is 6.54 Å². The molecular formula is C82H70N8S2. The summed E-state index contributed by atoms with van der Waals surface area (Å²) < 4.78 is 0. The summed E-state index contributed by atoms with van der Waals surface area (Å²) in [4.78, 5) is 37.6. The van der Waals surface area contributed by atoms with Crippen molar-refractivity contribution in [2.24, 2.45) is 20.0 Å². The predicted octanol–water partition coefficient (Wildman–Crippen LogP) is 15.6. The van der Waals surface area contributed by atoms with Gasteiger partial charge >= 0.3 is 0 Å². The van der Waals surface area contributed by atoms with Gasteiger partial charge in [-0.1, -0.05) is 103 Å². The summed E-state index contributed by atoms with van der Waals surface area (Å²) in [6.45, 7) is 23.3. The lowest BCUT2D eigenvalue weighted by molar-refractivity contribution is 1.24. The summed E-state index contributed by atoms with van der Waals surface area (Å²) in [6, 6.07) is 55.6. The van der Waals surface area contributed by atoms with Gasteiger partial charge in [-0.05, 0) is 254 Å². The molecule has 0 saturated heterocycles. The van der Waals surface area contributed by atoms with E-state index in [1.165, 1.54) is 32.0 Å². The monoisotopic (exact) mass is 1230 g/mol. The fraction of sp³-hybridized carbons (Fsp3) is 0.122. The molecule has 4 N–H and O–H groups in total. The van der Waals surface area contributed by atoms with Crippen molar-refractivity contribution in [1.82, 2.24) is 19.9 Å². The summed E-state index contributed by atoms with van der Waals surface area (Å²) in [5.74, 6) is 6.91. The maximum absolute atomic E-state index is 5.39. The summed E-state index contributed by atoms with van der Waals surface area (Å²) in [5.41, 5.74) is 28.3. The van der Waals surface area contributed by atoms with Gasteiger partial charge in [0.05, 0.1) is 47.3 Å². The molecule has 4 aliphatic rings. The number of aliphatic imine (C=N–C) groups is 4. The molecule has 0 saturated carbocycles. The average Bonchev–Trinajstić information content (AvgIpc) is 1.61. The lowest BCUT2D eigenvalue weighted by Crippen LogP contribution is -2.19. The van der Waals surface area contributed by atoms with Gasteiger partial charge < -0.3 is 19.9 Å². The Kier molecular flexibility index (Phi) is 17.2. The highest BCUT2D eigenvalue weighted by Gasteiger charge is 2.23. The molecule has 0 aliphatic carbocycles. The Labute approximate surface area is 546 Å². The Morgan fingerprint density at radius 3 is 1.27 bits per heavy atom. The van der Waals surface area contributed by atoms with Gasteiger partial charge in [0.1, 0.15) is 0 Å². The van der Waals surface area contributed by atoms with Gasteiger partial charge in [-0.25, -0.2) is 9.98 Å². The van der Waals surface area contributed by atoms with E-state index in [1.807, 2.05) is 0 Å². The van der Waals surface area contributed by atoms with Crippen molar-refractivity contribution in [2.75, 3.05) is 25.6 Å². The molecule has 450 valence electrons. The summed E-state index contributed by atoms with van der Waals surface area (Å²) in [5, 5.41) is 4.03. The number of rotatable bonds is 15. The Hall–Kier alpha value is -10.4. The molecule has 5 aromatic carbocycles. The van der Waals surface area contributed by atoms with E-state index in [0.717, 1.165) is 163 Å². The summed E-state index contributed by atoms with van der Waals surface area (Å²) >= 11 is 3.46. The lowest BCUT2D eigenvalue weighted by Gasteiger charge is -2.16. The van der Waals surface area contributed by atoms with Crippen LogP contribution < -0.4 is 21.4 Å². The fourth-order valence-electron chi connectivity index (χ4n) is 12.3. The second kappa shape index (κ2) is 26.2. The normalized spacial score (nSPS) is 16.4. The highest BCUT2D eigenvalue weighted by molar-refractivity contribution is 7.98. The zero-order chi connectivity index (χ0) is 63.6. The molecule has 8 heterocycles. The smallest absolute Gasteiger partial charge is 0.0737 e. The third kappa shape index (κ3) is 12.5. The first-order valence-electron chi connectivity index (χ1n) is 30.9. The van der Waals surface area contributed by atoms with E-state index in [1.54, 1.807) is 23.5 Å². The average molecular weight is 1230 g/mol. The number of aryl methyl sites for hydroxylation is 3. The van der Waals surface area contributed by atoms with E-state index in [4.69, 9.17) is 15.0 Å². The standard InChI is InChI=1S/C82H70N8S2/c1-49-47-50(2)79(51(3)48-49)82(77-43-36-67(87-77)53(5)60-27-31-64(92-10)32-28-60)78-44-39-72(90-78)56(8)71-37-41-74(88-71)80(73-14-12-46-84-73)61-21-17-57(18-22-61)15-16-58-19-23-62(24-20-58)81(75-40-35-66(86-75)52(4)59-25-29-63(91-9)30-26-59)76-42-38-70(89-76)55(7)69-34-33-68(85-69)54(6)65-13-11-45-83-65/h11-14,17-44,47-48,85-88H,4-5,45-46H2,1-3,6-10H3/b68-54-,69-55-,71-56-,80-74-,81-76-,82-78+. The molecule has 0 spiro atoms. The molecular weight excluding hydrogens is 1160 g/mol. The molecule has 92 heavy (non-hydrogen) atoms. The maximum atomic E-state index is 5.39. The number of nitrogens with one attached hydrogen (secondary N) is 4. The van der Waals surface area contributed by atoms with Crippen molar-refractivity contribution < 1.29 is 0 Å². The minimum atomic E-state index is 0.640. The van der Waals surface area contributed by atoms with Crippen molar-refractivity contribution in [3.63, 3.8) is 0 Å². The van der Waals surface area contributed by atoms with Crippen molar-refractivity contribution in [2.45, 2.75) is 51.3 Å². The van der Waals surface area contributed by atoms with E-state index >= 15 is 0 Å². The fourth-order valence-corrected chi connectivity index (χ4v) is 13.2. The Bertz CT molecular complexity index is 5140. The first kappa shape index (κ1) is 60.5. The highest BCUT2D eigenvalue weighted by Crippen LogP contribution is 2.38. The molecule has 10 heteroatoms. The van der Waals surface area contributed by atoms with Gasteiger partial charge in [0.2, 0.25) is 0 Å². The van der Waals surface area contributed by atoms with E-state index < -0.39 is 0 Å². The van der Waals surface area contributed by atoms with Crippen LogP contribution in [0.1, 0.15) is 99.2 Å². The number of hydrogen-bond donors (Lipinski definition) is 4. The lowest BCUT2D eigenvalue weighted by atomic mass is 9.91. The van der Waals surface area contributed by atoms with Gasteiger partial charge in [-0.15, -0.1) is 23.5 Å². The molecule has 0 amide bonds. The van der Waals surface area contributed by atoms with Crippen LogP contribution in [-0.4, -0.2) is 68.4 Å². The second-order valence-electron chi connectivity index (χ2n) is 23.4. The quantitative estimate of drug-likeness (QED) is 0.0605. The van der Waals surface area contributed by atoms with Crippen molar-refractivity contribution in [3.05, 3.63) is 331 Å². The second-order valence-corrected chi connectivity index (χ2v) is 25.2. The highest BCUT2D eigenvalue weighted by atomic mass is 32.2. The number of aromatic nitrogens is 4. The van der Waals surface area contributed by atoms with Gasteiger partial charge in [0, 0.05) is 81.8 Å². The Morgan fingerprint density at radius 1 is 0.402 bits per heavy atom. The molecule has 0 radical (unpaired) electrons. The Morgan fingerprint density at radius 2 is 0.804 bits per heavy atom. The van der Waals surface area contributed by atoms with Crippen LogP contribution in [0.5, 0.6) is 0 Å². The minimum Gasteiger partial charge on any atom is -0.355 e. The zero-order valence-electron chi connectivity index (χ0n) is 53.1. The van der Waals surface area contributed by atoms with Crippen LogP contribution in [0.4, 0.5) is 0 Å². The van der Waals surface area contributed by atoms with Crippen LogP contribution in [0.2, 0.25) is 0 Å². The van der Waals surface area contributed by atoms with Crippen LogP contribution in [0.15, 0.2) is 261 Å². The van der Waals surface area contributed by atoms with Crippen LogP contribution in [0.3, 0.4) is 0 Å². The molecule has 9 aromatic rings. The van der Waals surface area contributed by atoms with Crippen molar-refractivity contribution in [3.8, 4) is 11.8 Å². The largest absolute Gasteiger partial charge is 0.355 e. The molecule has 13 rings (SSSR count).